The maximum absolute atomic E-state index is 11.0. The molecule has 152 valence electrons. The number of fused-ring (bicyclic) bond motifs is 1. The molecule has 1 aromatic carbocycles. The summed E-state index contributed by atoms with van der Waals surface area (Å²) in [6, 6.07) is 6.89. The molecule has 0 unspecified atom stereocenters. The third-order valence-corrected chi connectivity index (χ3v) is 7.47. The second kappa shape index (κ2) is 8.98. The lowest BCUT2D eigenvalue weighted by Crippen LogP contribution is -2.41. The van der Waals surface area contributed by atoms with Gasteiger partial charge in [-0.1, -0.05) is 25.1 Å². The lowest BCUT2D eigenvalue weighted by molar-refractivity contribution is 0.153. The van der Waals surface area contributed by atoms with Gasteiger partial charge in [-0.2, -0.15) is 11.8 Å². The molecule has 1 saturated carbocycles. The van der Waals surface area contributed by atoms with E-state index in [2.05, 4.69) is 29.6 Å². The van der Waals surface area contributed by atoms with E-state index in [4.69, 9.17) is 15.5 Å². The summed E-state index contributed by atoms with van der Waals surface area (Å²) in [5, 5.41) is 0. The molecule has 1 fully saturated rings. The van der Waals surface area contributed by atoms with Crippen LogP contribution in [0.5, 0.6) is 0 Å². The molecule has 0 bridgehead atoms. The van der Waals surface area contributed by atoms with Crippen molar-refractivity contribution in [3.63, 3.8) is 0 Å². The summed E-state index contributed by atoms with van der Waals surface area (Å²) in [5.74, 6) is 3.64. The van der Waals surface area contributed by atoms with Crippen LogP contribution in [0.4, 0.5) is 0 Å². The van der Waals surface area contributed by atoms with E-state index >= 15 is 0 Å². The van der Waals surface area contributed by atoms with Gasteiger partial charge in [0, 0.05) is 5.54 Å². The molecule has 3 rings (SSSR count). The van der Waals surface area contributed by atoms with Crippen LogP contribution in [0.25, 0.3) is 0 Å². The first kappa shape index (κ1) is 21.4. The van der Waals surface area contributed by atoms with Crippen LogP contribution < -0.4 is 5.73 Å². The Morgan fingerprint density at radius 1 is 1.33 bits per heavy atom. The molecule has 2 aliphatic carbocycles. The zero-order chi connectivity index (χ0) is 19.5. The summed E-state index contributed by atoms with van der Waals surface area (Å²) in [6.45, 7) is 2.13. The van der Waals surface area contributed by atoms with Gasteiger partial charge in [-0.25, -0.2) is 4.57 Å². The van der Waals surface area contributed by atoms with Crippen molar-refractivity contribution in [1.82, 2.24) is 0 Å². The lowest BCUT2D eigenvalue weighted by atomic mass is 9.80. The zero-order valence-corrected chi connectivity index (χ0v) is 17.8. The summed E-state index contributed by atoms with van der Waals surface area (Å²) in [7, 11) is -4.47. The van der Waals surface area contributed by atoms with Crippen molar-refractivity contribution in [2.45, 2.75) is 63.3 Å². The Kier molecular flexibility index (Phi) is 7.10. The summed E-state index contributed by atoms with van der Waals surface area (Å²) in [6.07, 6.45) is 7.33. The smallest absolute Gasteiger partial charge is 0.323 e. The van der Waals surface area contributed by atoms with Crippen LogP contribution in [-0.4, -0.2) is 33.4 Å². The highest BCUT2D eigenvalue weighted by Gasteiger charge is 2.38. The van der Waals surface area contributed by atoms with Crippen molar-refractivity contribution in [3.05, 3.63) is 34.9 Å². The third-order valence-electron chi connectivity index (χ3n) is 6.07. The topological polar surface area (TPSA) is 92.8 Å². The van der Waals surface area contributed by atoms with Crippen molar-refractivity contribution in [1.29, 1.82) is 0 Å². The largest absolute Gasteiger partial charge is 0.469 e. The van der Waals surface area contributed by atoms with Crippen molar-refractivity contribution in [3.8, 4) is 0 Å². The van der Waals surface area contributed by atoms with Gasteiger partial charge in [-0.05, 0) is 85.0 Å². The van der Waals surface area contributed by atoms with Gasteiger partial charge >= 0.3 is 7.82 Å². The quantitative estimate of drug-likeness (QED) is 0.440. The molecule has 0 aromatic heterocycles. The first-order valence-electron chi connectivity index (χ1n) is 9.96. The number of nitrogens with two attached hydrogens (primary N) is 1. The summed E-state index contributed by atoms with van der Waals surface area (Å²) in [4.78, 5) is 17.9. The van der Waals surface area contributed by atoms with Gasteiger partial charge in [-0.15, -0.1) is 0 Å². The number of rotatable bonds is 8. The molecule has 5 nitrogen and oxygen atoms in total. The molecule has 3 atom stereocenters. The second-order valence-corrected chi connectivity index (χ2v) is 10.8. The zero-order valence-electron chi connectivity index (χ0n) is 16.1. The molecule has 0 heterocycles. The monoisotopic (exact) mass is 413 g/mol. The molecule has 2 aliphatic rings. The molecule has 0 spiro atoms. The summed E-state index contributed by atoms with van der Waals surface area (Å²) >= 11 is 2.04. The minimum atomic E-state index is -4.47. The Labute approximate surface area is 166 Å². The third kappa shape index (κ3) is 6.06. The van der Waals surface area contributed by atoms with E-state index in [0.717, 1.165) is 25.2 Å². The van der Waals surface area contributed by atoms with E-state index in [0.29, 0.717) is 12.3 Å². The fourth-order valence-corrected chi connectivity index (χ4v) is 5.74. The van der Waals surface area contributed by atoms with Crippen LogP contribution in [0, 0.1) is 5.92 Å². The number of benzene rings is 1. The highest BCUT2D eigenvalue weighted by Crippen LogP contribution is 2.44. The van der Waals surface area contributed by atoms with Crippen LogP contribution in [-0.2, 0) is 21.9 Å². The van der Waals surface area contributed by atoms with Gasteiger partial charge in [-0.3, -0.25) is 4.52 Å². The van der Waals surface area contributed by atoms with Gasteiger partial charge in [0.05, 0.1) is 6.61 Å². The predicted octanol–water partition coefficient (Wildman–Crippen LogP) is 4.01. The van der Waals surface area contributed by atoms with Gasteiger partial charge in [0.25, 0.3) is 0 Å². The molecular weight excluding hydrogens is 381 g/mol. The van der Waals surface area contributed by atoms with Gasteiger partial charge < -0.3 is 15.5 Å². The minimum absolute atomic E-state index is 0.0871. The highest BCUT2D eigenvalue weighted by atomic mass is 32.2. The minimum Gasteiger partial charge on any atom is -0.323 e. The first-order valence-corrected chi connectivity index (χ1v) is 12.6. The van der Waals surface area contributed by atoms with Crippen LogP contribution in [0.2, 0.25) is 0 Å². The van der Waals surface area contributed by atoms with Crippen LogP contribution in [0.15, 0.2) is 18.2 Å². The highest BCUT2D eigenvalue weighted by molar-refractivity contribution is 7.99. The molecule has 0 aliphatic heterocycles. The molecular formula is C20H32NO4PS. The van der Waals surface area contributed by atoms with Gasteiger partial charge in [0.15, 0.2) is 0 Å². The van der Waals surface area contributed by atoms with E-state index in [1.807, 2.05) is 11.8 Å². The maximum Gasteiger partial charge on any atom is 0.469 e. The van der Waals surface area contributed by atoms with E-state index in [1.54, 1.807) is 0 Å². The number of hydrogen-bond donors (Lipinski definition) is 3. The van der Waals surface area contributed by atoms with Crippen LogP contribution >= 0.6 is 19.6 Å². The molecule has 1 aromatic rings. The molecule has 0 amide bonds. The molecule has 27 heavy (non-hydrogen) atoms. The predicted molar refractivity (Wildman–Crippen MR) is 111 cm³/mol. The summed E-state index contributed by atoms with van der Waals surface area (Å²) < 4.78 is 15.7. The average Bonchev–Trinajstić information content (AvgIpc) is 3.02. The number of aryl methyl sites for hydroxylation is 1. The Morgan fingerprint density at radius 3 is 2.89 bits per heavy atom. The Balaban J connectivity index is 1.59. The van der Waals surface area contributed by atoms with Gasteiger partial charge in [0.2, 0.25) is 0 Å². The Morgan fingerprint density at radius 2 is 2.15 bits per heavy atom. The average molecular weight is 414 g/mol. The van der Waals surface area contributed by atoms with Crippen molar-refractivity contribution < 1.29 is 18.9 Å². The van der Waals surface area contributed by atoms with E-state index in [1.165, 1.54) is 47.5 Å². The number of phosphoric acid groups is 1. The lowest BCUT2D eigenvalue weighted by Gasteiger charge is -2.26. The van der Waals surface area contributed by atoms with E-state index < -0.39 is 13.4 Å². The van der Waals surface area contributed by atoms with Crippen LogP contribution in [0.1, 0.15) is 61.6 Å². The molecule has 0 radical (unpaired) electrons. The van der Waals surface area contributed by atoms with Crippen molar-refractivity contribution in [2.24, 2.45) is 11.7 Å². The molecule has 4 N–H and O–H groups in total. The van der Waals surface area contributed by atoms with E-state index in [9.17, 15) is 4.57 Å². The Bertz CT molecular complexity index is 695. The molecule has 0 saturated heterocycles. The standard InChI is InChI=1S/C20H32NO4PS/c1-2-27-10-8-15-3-4-17-12-18(6-5-16(17)11-15)19-7-9-20(21,13-19)14-25-26(22,23)24/h5-6,12,15,19H,2-4,7-11,13-14,21H2,1H3,(H2,22,23,24)/t15-,19+,20-/m1/s1. The van der Waals surface area contributed by atoms with Gasteiger partial charge in [0.1, 0.15) is 0 Å². The SMILES string of the molecule is CCSCC[C@H]1CCc2cc([C@H]3CC[C@](N)(COP(=O)(O)O)C3)ccc2C1. The Hall–Kier alpha value is -0.360. The fraction of sp³-hybridized carbons (Fsp3) is 0.700. The second-order valence-electron chi connectivity index (χ2n) is 8.19. The summed E-state index contributed by atoms with van der Waals surface area (Å²) in [5.41, 5.74) is 9.98. The first-order chi connectivity index (χ1) is 12.8. The van der Waals surface area contributed by atoms with E-state index in [-0.39, 0.29) is 6.61 Å². The normalized spacial score (nSPS) is 28.3. The van der Waals surface area contributed by atoms with Crippen LogP contribution in [0.3, 0.4) is 0 Å². The molecule has 7 heteroatoms. The maximum atomic E-state index is 11.0. The number of thioether (sulfide) groups is 1. The number of hydrogen-bond acceptors (Lipinski definition) is 4. The number of phosphoric ester groups is 1. The van der Waals surface area contributed by atoms with Crippen molar-refractivity contribution in [2.75, 3.05) is 18.1 Å². The van der Waals surface area contributed by atoms with Crippen molar-refractivity contribution >= 4 is 19.6 Å². The fourth-order valence-electron chi connectivity index (χ4n) is 4.53.